The minimum Gasteiger partial charge on any atom is -0.477 e. The van der Waals surface area contributed by atoms with E-state index in [0.29, 0.717) is 23.8 Å². The number of carbonyl (C=O) groups excluding carboxylic acids is 1. The molecule has 3 aliphatic heterocycles. The highest BCUT2D eigenvalue weighted by atomic mass is 16.5. The Morgan fingerprint density at radius 2 is 1.81 bits per heavy atom. The van der Waals surface area contributed by atoms with Gasteiger partial charge in [-0.15, -0.1) is 0 Å². The second-order valence-corrected chi connectivity index (χ2v) is 8.35. The number of hydrogen-bond donors (Lipinski definition) is 0. The molecule has 0 aromatic heterocycles. The van der Waals surface area contributed by atoms with E-state index in [1.54, 1.807) is 6.08 Å². The highest BCUT2D eigenvalue weighted by Gasteiger charge is 2.33. The van der Waals surface area contributed by atoms with Gasteiger partial charge in [-0.3, -0.25) is 14.6 Å². The van der Waals surface area contributed by atoms with Crippen molar-refractivity contribution in [1.82, 2.24) is 9.80 Å². The maximum absolute atomic E-state index is 13.0. The topological polar surface area (TPSA) is 51.2 Å². The van der Waals surface area contributed by atoms with Crippen LogP contribution < -0.4 is 9.47 Å². The molecule has 1 fully saturated rings. The Hall–Kier alpha value is -2.67. The van der Waals surface area contributed by atoms with Crippen molar-refractivity contribution in [3.63, 3.8) is 0 Å². The maximum Gasteiger partial charge on any atom is 0.231 e. The summed E-state index contributed by atoms with van der Waals surface area (Å²) in [7, 11) is 0. The van der Waals surface area contributed by atoms with Crippen LogP contribution in [0, 0.1) is 6.92 Å². The first-order chi connectivity index (χ1) is 15.2. The van der Waals surface area contributed by atoms with E-state index in [0.717, 1.165) is 74.8 Å². The third-order valence-corrected chi connectivity index (χ3v) is 6.15. The van der Waals surface area contributed by atoms with Crippen LogP contribution in [0.5, 0.6) is 11.5 Å². The van der Waals surface area contributed by atoms with Crippen molar-refractivity contribution in [1.29, 1.82) is 0 Å². The molecule has 6 nitrogen and oxygen atoms in total. The normalized spacial score (nSPS) is 20.3. The van der Waals surface area contributed by atoms with Gasteiger partial charge in [0, 0.05) is 37.3 Å². The lowest BCUT2D eigenvalue weighted by molar-refractivity contribution is 0.0329. The Morgan fingerprint density at radius 3 is 2.61 bits per heavy atom. The smallest absolute Gasteiger partial charge is 0.231 e. The fourth-order valence-corrected chi connectivity index (χ4v) is 4.48. The third kappa shape index (κ3) is 4.24. The molecule has 0 saturated carbocycles. The van der Waals surface area contributed by atoms with E-state index in [-0.39, 0.29) is 5.78 Å². The first kappa shape index (κ1) is 20.2. The molecule has 6 heteroatoms. The van der Waals surface area contributed by atoms with Gasteiger partial charge in [0.1, 0.15) is 18.2 Å². The summed E-state index contributed by atoms with van der Waals surface area (Å²) in [6, 6.07) is 11.7. The Bertz CT molecular complexity index is 996. The van der Waals surface area contributed by atoms with Gasteiger partial charge in [0.25, 0.3) is 0 Å². The predicted octanol–water partition coefficient (Wildman–Crippen LogP) is 3.49. The molecule has 0 amide bonds. The molecule has 0 atom stereocenters. The number of allylic oxidation sites excluding steroid dienone is 1. The van der Waals surface area contributed by atoms with Gasteiger partial charge >= 0.3 is 0 Å². The molecule has 31 heavy (non-hydrogen) atoms. The Labute approximate surface area is 183 Å². The summed E-state index contributed by atoms with van der Waals surface area (Å²) < 4.78 is 17.5. The molecule has 0 radical (unpaired) electrons. The van der Waals surface area contributed by atoms with Gasteiger partial charge < -0.3 is 14.2 Å². The van der Waals surface area contributed by atoms with E-state index >= 15 is 0 Å². The molecular formula is C25H28N2O4. The second kappa shape index (κ2) is 8.83. The van der Waals surface area contributed by atoms with Crippen LogP contribution in [0.2, 0.25) is 0 Å². The van der Waals surface area contributed by atoms with E-state index in [9.17, 15) is 4.79 Å². The van der Waals surface area contributed by atoms with Crippen molar-refractivity contribution in [2.45, 2.75) is 19.9 Å². The number of rotatable bonds is 5. The lowest BCUT2D eigenvalue weighted by Gasteiger charge is -2.31. The van der Waals surface area contributed by atoms with Gasteiger partial charge in [-0.1, -0.05) is 30.3 Å². The van der Waals surface area contributed by atoms with E-state index in [2.05, 4.69) is 9.80 Å². The van der Waals surface area contributed by atoms with Crippen LogP contribution in [0.25, 0.3) is 6.08 Å². The van der Waals surface area contributed by atoms with Gasteiger partial charge in [0.05, 0.1) is 18.8 Å². The first-order valence-electron chi connectivity index (χ1n) is 11.0. The van der Waals surface area contributed by atoms with Gasteiger partial charge in [-0.05, 0) is 37.6 Å². The average Bonchev–Trinajstić information content (AvgIpc) is 3.11. The van der Waals surface area contributed by atoms with Crippen molar-refractivity contribution in [3.05, 3.63) is 64.4 Å². The zero-order chi connectivity index (χ0) is 21.2. The third-order valence-electron chi connectivity index (χ3n) is 6.15. The molecule has 5 rings (SSSR count). The summed E-state index contributed by atoms with van der Waals surface area (Å²) in [5, 5.41) is 0. The lowest BCUT2D eigenvalue weighted by Crippen LogP contribution is -2.39. The van der Waals surface area contributed by atoms with Gasteiger partial charge in [0.15, 0.2) is 5.76 Å². The summed E-state index contributed by atoms with van der Waals surface area (Å²) in [5.74, 6) is 1.80. The second-order valence-electron chi connectivity index (χ2n) is 8.35. The summed E-state index contributed by atoms with van der Waals surface area (Å²) in [6.45, 7) is 9.09. The van der Waals surface area contributed by atoms with Crippen LogP contribution in [-0.2, 0) is 11.3 Å². The predicted molar refractivity (Wildman–Crippen MR) is 118 cm³/mol. The molecule has 2 aromatic carbocycles. The van der Waals surface area contributed by atoms with Crippen molar-refractivity contribution in [2.75, 3.05) is 46.1 Å². The number of fused-ring (bicyclic) bond motifs is 2. The standard InChI is InChI=1S/C25H28N2O4/c1-18-24-20(16-27(17-30-24)9-5-8-26-10-12-29-13-11-26)15-21-23(28)22(31-25(18)21)14-19-6-3-2-4-7-19/h2-4,6-7,14-15H,5,8-13,16-17H2,1H3/b22-14+. The van der Waals surface area contributed by atoms with E-state index < -0.39 is 0 Å². The monoisotopic (exact) mass is 420 g/mol. The molecule has 2 aromatic rings. The van der Waals surface area contributed by atoms with Crippen molar-refractivity contribution < 1.29 is 19.0 Å². The van der Waals surface area contributed by atoms with Crippen LogP contribution in [0.1, 0.15) is 33.5 Å². The lowest BCUT2D eigenvalue weighted by atomic mass is 10.00. The van der Waals surface area contributed by atoms with Crippen LogP contribution in [0.15, 0.2) is 42.2 Å². The molecule has 162 valence electrons. The Kier molecular flexibility index (Phi) is 5.76. The van der Waals surface area contributed by atoms with E-state index in [1.165, 1.54) is 0 Å². The summed E-state index contributed by atoms with van der Waals surface area (Å²) in [6.07, 6.45) is 2.90. The van der Waals surface area contributed by atoms with Crippen LogP contribution in [0.4, 0.5) is 0 Å². The quantitative estimate of drug-likeness (QED) is 0.691. The Morgan fingerprint density at radius 1 is 1.03 bits per heavy atom. The molecule has 1 saturated heterocycles. The zero-order valence-corrected chi connectivity index (χ0v) is 17.9. The first-order valence-corrected chi connectivity index (χ1v) is 11.0. The number of morpholine rings is 1. The molecule has 3 aliphatic rings. The van der Waals surface area contributed by atoms with Crippen molar-refractivity contribution >= 4 is 11.9 Å². The number of Topliss-reactive ketones (excluding diaryl/α,β-unsaturated/α-hetero) is 1. The summed E-state index contributed by atoms with van der Waals surface area (Å²) in [4.78, 5) is 17.8. The average molecular weight is 421 g/mol. The largest absolute Gasteiger partial charge is 0.477 e. The molecule has 0 bridgehead atoms. The van der Waals surface area contributed by atoms with Crippen LogP contribution in [0.3, 0.4) is 0 Å². The minimum atomic E-state index is -0.0609. The van der Waals surface area contributed by atoms with Crippen molar-refractivity contribution in [3.8, 4) is 11.5 Å². The summed E-state index contributed by atoms with van der Waals surface area (Å²) in [5.41, 5.74) is 3.55. The van der Waals surface area contributed by atoms with Crippen LogP contribution >= 0.6 is 0 Å². The summed E-state index contributed by atoms with van der Waals surface area (Å²) >= 11 is 0. The number of carbonyl (C=O) groups is 1. The molecule has 0 unspecified atom stereocenters. The minimum absolute atomic E-state index is 0.0609. The van der Waals surface area contributed by atoms with Gasteiger partial charge in [-0.2, -0.15) is 0 Å². The van der Waals surface area contributed by atoms with Gasteiger partial charge in [0.2, 0.25) is 5.78 Å². The zero-order valence-electron chi connectivity index (χ0n) is 17.9. The Balaban J connectivity index is 1.28. The van der Waals surface area contributed by atoms with Crippen LogP contribution in [-0.4, -0.2) is 61.7 Å². The fraction of sp³-hybridized carbons (Fsp3) is 0.400. The SMILES string of the molecule is Cc1c2c(cc3c1O/C(=C/c1ccccc1)C3=O)CN(CCCN1CCOCC1)CO2. The molecule has 0 N–H and O–H groups in total. The molecular weight excluding hydrogens is 392 g/mol. The van der Waals surface area contributed by atoms with E-state index in [4.69, 9.17) is 14.2 Å². The number of nitrogens with zero attached hydrogens (tertiary/aromatic N) is 2. The molecule has 3 heterocycles. The number of hydrogen-bond acceptors (Lipinski definition) is 6. The molecule has 0 spiro atoms. The van der Waals surface area contributed by atoms with E-state index in [1.807, 2.05) is 43.3 Å². The fourth-order valence-electron chi connectivity index (χ4n) is 4.48. The highest BCUT2D eigenvalue weighted by Crippen LogP contribution is 2.43. The number of ether oxygens (including phenoxy) is 3. The molecule has 0 aliphatic carbocycles. The highest BCUT2D eigenvalue weighted by molar-refractivity contribution is 6.15. The number of ketones is 1. The number of benzene rings is 2. The van der Waals surface area contributed by atoms with Gasteiger partial charge in [-0.25, -0.2) is 0 Å². The maximum atomic E-state index is 13.0. The van der Waals surface area contributed by atoms with Crippen molar-refractivity contribution in [2.24, 2.45) is 0 Å².